The van der Waals surface area contributed by atoms with Crippen molar-refractivity contribution < 1.29 is 9.59 Å². The Morgan fingerprint density at radius 3 is 1.88 bits per heavy atom. The molecule has 1 heterocycles. The maximum atomic E-state index is 10.4. The van der Waals surface area contributed by atoms with E-state index in [0.717, 1.165) is 17.4 Å². The third-order valence-electron chi connectivity index (χ3n) is 4.72. The van der Waals surface area contributed by atoms with Crippen LogP contribution >= 0.6 is 0 Å². The van der Waals surface area contributed by atoms with Crippen LogP contribution in [0.1, 0.15) is 48.0 Å². The quantitative estimate of drug-likeness (QED) is 0.632. The number of rotatable bonds is 0. The van der Waals surface area contributed by atoms with Crippen molar-refractivity contribution in [2.24, 2.45) is 11.3 Å². The molecule has 0 aromatic carbocycles. The predicted octanol–water partition coefficient (Wildman–Crippen LogP) is 2.66. The zero-order valence-electron chi connectivity index (χ0n) is 12.2. The fourth-order valence-electron chi connectivity index (χ4n) is 2.87. The number of hydrogen-bond acceptors (Lipinski definition) is 1. The van der Waals surface area contributed by atoms with Gasteiger partial charge in [0.1, 0.15) is 12.6 Å². The van der Waals surface area contributed by atoms with Crippen LogP contribution in [-0.4, -0.2) is 41.4 Å². The highest BCUT2D eigenvalue weighted by molar-refractivity contribution is 4.84. The molecule has 0 aliphatic carbocycles. The second kappa shape index (κ2) is 3.99. The van der Waals surface area contributed by atoms with Crippen LogP contribution in [0.4, 0.5) is 0 Å². The van der Waals surface area contributed by atoms with E-state index in [1.54, 1.807) is 0 Å². The first-order chi connectivity index (χ1) is 6.97. The van der Waals surface area contributed by atoms with E-state index in [9.17, 15) is 5.11 Å². The number of piperidine rings is 1. The maximum Gasteiger partial charge on any atom is 0.106 e. The van der Waals surface area contributed by atoms with Gasteiger partial charge in [-0.1, -0.05) is 20.8 Å². The molecule has 1 saturated heterocycles. The van der Waals surface area contributed by atoms with Crippen LogP contribution in [0.25, 0.3) is 0 Å². The normalized spacial score (nSPS) is 37.5. The third-order valence-corrected chi connectivity index (χ3v) is 4.72. The van der Waals surface area contributed by atoms with E-state index < -0.39 is 0 Å². The zero-order valence-corrected chi connectivity index (χ0v) is 12.2. The van der Waals surface area contributed by atoms with Gasteiger partial charge < -0.3 is 9.59 Å². The number of aliphatic hydroxyl groups excluding tert-OH is 1. The van der Waals surface area contributed by atoms with E-state index in [0.29, 0.717) is 5.92 Å². The summed E-state index contributed by atoms with van der Waals surface area (Å²) in [6.07, 6.45) is 0.983. The molecule has 1 aliphatic rings. The van der Waals surface area contributed by atoms with E-state index in [1.807, 2.05) is 0 Å². The second-order valence-electron chi connectivity index (χ2n) is 7.80. The van der Waals surface area contributed by atoms with Crippen molar-refractivity contribution in [3.63, 3.8) is 0 Å². The molecule has 0 bridgehead atoms. The number of likely N-dealkylation sites (N-methyl/N-ethyl adjacent to an activating group) is 1. The van der Waals surface area contributed by atoms with Crippen LogP contribution in [0.2, 0.25) is 0 Å². The van der Waals surface area contributed by atoms with Gasteiger partial charge in [0, 0.05) is 12.3 Å². The third kappa shape index (κ3) is 2.60. The lowest BCUT2D eigenvalue weighted by Gasteiger charge is -2.53. The first-order valence-corrected chi connectivity index (χ1v) is 6.50. The molecule has 0 spiro atoms. The van der Waals surface area contributed by atoms with Gasteiger partial charge in [0.25, 0.3) is 0 Å². The number of likely N-dealkylation sites (tertiary alicyclic amines) is 1. The lowest BCUT2D eigenvalue weighted by molar-refractivity contribution is -0.961. The molecule has 0 radical (unpaired) electrons. The summed E-state index contributed by atoms with van der Waals surface area (Å²) >= 11 is 0. The van der Waals surface area contributed by atoms with Crippen molar-refractivity contribution in [1.29, 1.82) is 0 Å². The van der Waals surface area contributed by atoms with Crippen LogP contribution in [0.5, 0.6) is 0 Å². The molecule has 3 atom stereocenters. The summed E-state index contributed by atoms with van der Waals surface area (Å²) in [6, 6.07) is 0. The van der Waals surface area contributed by atoms with Gasteiger partial charge in [0.15, 0.2) is 0 Å². The summed E-state index contributed by atoms with van der Waals surface area (Å²) in [7, 11) is 2.28. The van der Waals surface area contributed by atoms with Crippen molar-refractivity contribution in [2.75, 3.05) is 20.1 Å². The minimum Gasteiger partial charge on any atom is -0.387 e. The highest BCUT2D eigenvalue weighted by Gasteiger charge is 2.46. The second-order valence-corrected chi connectivity index (χ2v) is 7.80. The van der Waals surface area contributed by atoms with Gasteiger partial charge in [-0.15, -0.1) is 0 Å². The van der Waals surface area contributed by atoms with Crippen molar-refractivity contribution in [3.8, 4) is 0 Å². The van der Waals surface area contributed by atoms with E-state index >= 15 is 0 Å². The lowest BCUT2D eigenvalue weighted by atomic mass is 9.72. The molecule has 0 saturated carbocycles. The van der Waals surface area contributed by atoms with Gasteiger partial charge in [0.05, 0.1) is 19.1 Å². The molecule has 1 N–H and O–H groups in total. The Labute approximate surface area is 101 Å². The molecule has 0 amide bonds. The number of hydrogen-bond donors (Lipinski definition) is 1. The Bertz CT molecular complexity index is 248. The molecule has 96 valence electrons. The van der Waals surface area contributed by atoms with Crippen LogP contribution < -0.4 is 0 Å². The Morgan fingerprint density at radius 2 is 1.56 bits per heavy atom. The highest BCUT2D eigenvalue weighted by atomic mass is 16.3. The predicted molar refractivity (Wildman–Crippen MR) is 69.2 cm³/mol. The van der Waals surface area contributed by atoms with Crippen molar-refractivity contribution in [3.05, 3.63) is 0 Å². The van der Waals surface area contributed by atoms with Crippen LogP contribution in [0.3, 0.4) is 0 Å². The molecule has 3 unspecified atom stereocenters. The number of aliphatic hydroxyl groups is 1. The van der Waals surface area contributed by atoms with E-state index in [-0.39, 0.29) is 17.1 Å². The molecule has 1 aliphatic heterocycles. The molecular formula is C14H30NO+. The SMILES string of the molecule is CC(C)(C)C1CC[N+](C)(C(C)(C)C)CC1O. The Balaban J connectivity index is 2.80. The molecule has 1 rings (SSSR count). The Morgan fingerprint density at radius 1 is 1.06 bits per heavy atom. The summed E-state index contributed by atoms with van der Waals surface area (Å²) in [5, 5.41) is 10.4. The zero-order chi connectivity index (χ0) is 12.8. The molecule has 2 heteroatoms. The van der Waals surface area contributed by atoms with Gasteiger partial charge in [-0.2, -0.15) is 0 Å². The monoisotopic (exact) mass is 228 g/mol. The van der Waals surface area contributed by atoms with Crippen LogP contribution in [0, 0.1) is 11.3 Å². The van der Waals surface area contributed by atoms with E-state index in [2.05, 4.69) is 48.6 Å². The van der Waals surface area contributed by atoms with Gasteiger partial charge in [-0.05, 0) is 26.2 Å². The summed E-state index contributed by atoms with van der Waals surface area (Å²) in [4.78, 5) is 0. The van der Waals surface area contributed by atoms with E-state index in [1.165, 1.54) is 6.54 Å². The smallest absolute Gasteiger partial charge is 0.106 e. The first kappa shape index (κ1) is 14.0. The average molecular weight is 228 g/mol. The molecule has 16 heavy (non-hydrogen) atoms. The van der Waals surface area contributed by atoms with E-state index in [4.69, 9.17) is 0 Å². The topological polar surface area (TPSA) is 20.2 Å². The van der Waals surface area contributed by atoms with Crippen molar-refractivity contribution in [2.45, 2.75) is 59.6 Å². The Hall–Kier alpha value is -0.0800. The molecule has 0 aromatic rings. The standard InChI is InChI=1S/C14H30NO/c1-13(2,3)11-8-9-15(7,10-12(11)16)14(4,5)6/h11-12,16H,8-10H2,1-7H3/q+1. The molecule has 1 fully saturated rings. The molecule has 0 aromatic heterocycles. The van der Waals surface area contributed by atoms with Crippen LogP contribution in [0.15, 0.2) is 0 Å². The first-order valence-electron chi connectivity index (χ1n) is 6.50. The fraction of sp³-hybridized carbons (Fsp3) is 1.00. The minimum absolute atomic E-state index is 0.155. The Kier molecular flexibility index (Phi) is 3.49. The van der Waals surface area contributed by atoms with Gasteiger partial charge in [-0.3, -0.25) is 0 Å². The van der Waals surface area contributed by atoms with Crippen molar-refractivity contribution in [1.82, 2.24) is 0 Å². The maximum absolute atomic E-state index is 10.4. The van der Waals surface area contributed by atoms with Gasteiger partial charge in [0.2, 0.25) is 0 Å². The fourth-order valence-corrected chi connectivity index (χ4v) is 2.87. The van der Waals surface area contributed by atoms with Crippen LogP contribution in [-0.2, 0) is 0 Å². The number of nitrogens with zero attached hydrogens (tertiary/aromatic N) is 1. The highest BCUT2D eigenvalue weighted by Crippen LogP contribution is 2.38. The van der Waals surface area contributed by atoms with Gasteiger partial charge in [-0.25, -0.2) is 0 Å². The summed E-state index contributed by atoms with van der Waals surface area (Å²) in [5.41, 5.74) is 0.451. The largest absolute Gasteiger partial charge is 0.387 e. The van der Waals surface area contributed by atoms with Gasteiger partial charge >= 0.3 is 0 Å². The minimum atomic E-state index is -0.155. The summed E-state index contributed by atoms with van der Waals surface area (Å²) in [5.74, 6) is 0.445. The summed E-state index contributed by atoms with van der Waals surface area (Å²) in [6.45, 7) is 15.6. The molecule has 2 nitrogen and oxygen atoms in total. The lowest BCUT2D eigenvalue weighted by Crippen LogP contribution is -2.65. The molecular weight excluding hydrogens is 198 g/mol. The average Bonchev–Trinajstić information content (AvgIpc) is 1.98. The number of quaternary nitrogens is 1. The van der Waals surface area contributed by atoms with Crippen molar-refractivity contribution >= 4 is 0 Å². The summed E-state index contributed by atoms with van der Waals surface area (Å²) < 4.78 is 0.987.